The van der Waals surface area contributed by atoms with Gasteiger partial charge in [0.1, 0.15) is 0 Å². The van der Waals surface area contributed by atoms with E-state index in [9.17, 15) is 5.11 Å². The summed E-state index contributed by atoms with van der Waals surface area (Å²) in [4.78, 5) is 0. The van der Waals surface area contributed by atoms with Gasteiger partial charge in [-0.05, 0) is 44.4 Å². The predicted octanol–water partition coefficient (Wildman–Crippen LogP) is 3.96. The van der Waals surface area contributed by atoms with Gasteiger partial charge in [-0.3, -0.25) is 0 Å². The molecule has 2 aromatic rings. The van der Waals surface area contributed by atoms with Gasteiger partial charge < -0.3 is 15.7 Å². The molecule has 130 valence electrons. The van der Waals surface area contributed by atoms with Crippen LogP contribution in [0, 0.1) is 0 Å². The molecule has 0 aliphatic heterocycles. The third kappa shape index (κ3) is 5.45. The van der Waals surface area contributed by atoms with Crippen LogP contribution in [0.5, 0.6) is 0 Å². The highest BCUT2D eigenvalue weighted by Crippen LogP contribution is 2.18. The van der Waals surface area contributed by atoms with Crippen molar-refractivity contribution in [1.29, 1.82) is 0 Å². The fourth-order valence-electron chi connectivity index (χ4n) is 2.95. The van der Waals surface area contributed by atoms with Gasteiger partial charge in [-0.15, -0.1) is 0 Å². The molecular formula is C21H30N2O. The lowest BCUT2D eigenvalue weighted by atomic mass is 9.99. The van der Waals surface area contributed by atoms with E-state index in [1.807, 2.05) is 18.2 Å². The third-order valence-corrected chi connectivity index (χ3v) is 4.39. The molecule has 24 heavy (non-hydrogen) atoms. The van der Waals surface area contributed by atoms with Crippen LogP contribution >= 0.6 is 0 Å². The largest absolute Gasteiger partial charge is 0.392 e. The topological polar surface area (TPSA) is 44.3 Å². The molecule has 3 N–H and O–H groups in total. The van der Waals surface area contributed by atoms with Gasteiger partial charge >= 0.3 is 0 Å². The summed E-state index contributed by atoms with van der Waals surface area (Å²) >= 11 is 0. The van der Waals surface area contributed by atoms with Gasteiger partial charge in [0.15, 0.2) is 0 Å². The summed E-state index contributed by atoms with van der Waals surface area (Å²) < 4.78 is 0. The van der Waals surface area contributed by atoms with Crippen molar-refractivity contribution in [3.8, 4) is 0 Å². The Hall–Kier alpha value is -1.68. The van der Waals surface area contributed by atoms with E-state index < -0.39 is 0 Å². The molecule has 2 rings (SSSR count). The predicted molar refractivity (Wildman–Crippen MR) is 101 cm³/mol. The molecule has 2 atom stereocenters. The summed E-state index contributed by atoms with van der Waals surface area (Å²) in [5, 5.41) is 16.6. The van der Waals surface area contributed by atoms with E-state index >= 15 is 0 Å². The quantitative estimate of drug-likeness (QED) is 0.688. The SMILES string of the molecule is CC(NCC(C)(C)NC(C)c1ccccc1)c1cccc(CO)c1. The Morgan fingerprint density at radius 2 is 1.58 bits per heavy atom. The Balaban J connectivity index is 1.91. The zero-order chi connectivity index (χ0) is 17.6. The van der Waals surface area contributed by atoms with Crippen molar-refractivity contribution in [2.75, 3.05) is 6.54 Å². The average Bonchev–Trinajstić information content (AvgIpc) is 2.60. The molecule has 0 aliphatic carbocycles. The van der Waals surface area contributed by atoms with Gasteiger partial charge in [0.05, 0.1) is 6.61 Å². The zero-order valence-corrected chi connectivity index (χ0v) is 15.2. The second-order valence-electron chi connectivity index (χ2n) is 7.17. The first-order valence-corrected chi connectivity index (χ1v) is 8.67. The first-order valence-electron chi connectivity index (χ1n) is 8.67. The molecule has 2 unspecified atom stereocenters. The number of hydrogen-bond acceptors (Lipinski definition) is 3. The van der Waals surface area contributed by atoms with E-state index in [1.165, 1.54) is 11.1 Å². The monoisotopic (exact) mass is 326 g/mol. The van der Waals surface area contributed by atoms with Gasteiger partial charge in [-0.2, -0.15) is 0 Å². The molecule has 0 aliphatic rings. The van der Waals surface area contributed by atoms with Crippen molar-refractivity contribution in [2.24, 2.45) is 0 Å². The molecule has 3 heteroatoms. The Morgan fingerprint density at radius 1 is 0.917 bits per heavy atom. The van der Waals surface area contributed by atoms with Crippen LogP contribution in [0.3, 0.4) is 0 Å². The van der Waals surface area contributed by atoms with Crippen molar-refractivity contribution >= 4 is 0 Å². The van der Waals surface area contributed by atoms with Crippen LogP contribution in [0.15, 0.2) is 54.6 Å². The van der Waals surface area contributed by atoms with E-state index in [0.29, 0.717) is 6.04 Å². The maximum absolute atomic E-state index is 9.28. The molecule has 0 amide bonds. The van der Waals surface area contributed by atoms with Crippen LogP contribution in [0.25, 0.3) is 0 Å². The van der Waals surface area contributed by atoms with Gasteiger partial charge in [-0.25, -0.2) is 0 Å². The van der Waals surface area contributed by atoms with Crippen molar-refractivity contribution in [2.45, 2.75) is 51.9 Å². The normalized spacial score (nSPS) is 14.4. The zero-order valence-electron chi connectivity index (χ0n) is 15.2. The number of aliphatic hydroxyl groups is 1. The van der Waals surface area contributed by atoms with Crippen molar-refractivity contribution < 1.29 is 5.11 Å². The summed E-state index contributed by atoms with van der Waals surface area (Å²) in [7, 11) is 0. The molecule has 0 spiro atoms. The van der Waals surface area contributed by atoms with Gasteiger partial charge in [0, 0.05) is 24.2 Å². The van der Waals surface area contributed by atoms with Crippen LogP contribution in [-0.4, -0.2) is 17.2 Å². The number of benzene rings is 2. The lowest BCUT2D eigenvalue weighted by Gasteiger charge is -2.32. The molecular weight excluding hydrogens is 296 g/mol. The molecule has 0 saturated heterocycles. The van der Waals surface area contributed by atoms with E-state index in [1.54, 1.807) is 0 Å². The molecule has 0 radical (unpaired) electrons. The average molecular weight is 326 g/mol. The molecule has 3 nitrogen and oxygen atoms in total. The van der Waals surface area contributed by atoms with Gasteiger partial charge in [-0.1, -0.05) is 54.6 Å². The lowest BCUT2D eigenvalue weighted by Crippen LogP contribution is -2.49. The van der Waals surface area contributed by atoms with Crippen LogP contribution in [-0.2, 0) is 6.61 Å². The Morgan fingerprint density at radius 3 is 2.25 bits per heavy atom. The number of hydrogen-bond donors (Lipinski definition) is 3. The lowest BCUT2D eigenvalue weighted by molar-refractivity contribution is 0.281. The molecule has 0 aromatic heterocycles. The van der Waals surface area contributed by atoms with Crippen molar-refractivity contribution in [3.05, 3.63) is 71.3 Å². The van der Waals surface area contributed by atoms with Crippen molar-refractivity contribution in [3.63, 3.8) is 0 Å². The number of nitrogens with one attached hydrogen (secondary N) is 2. The molecule has 0 saturated carbocycles. The minimum atomic E-state index is -0.0297. The fraction of sp³-hybridized carbons (Fsp3) is 0.429. The van der Waals surface area contributed by atoms with E-state index in [4.69, 9.17) is 0 Å². The second kappa shape index (κ2) is 8.43. The third-order valence-electron chi connectivity index (χ3n) is 4.39. The summed E-state index contributed by atoms with van der Waals surface area (Å²) in [6.45, 7) is 9.74. The maximum Gasteiger partial charge on any atom is 0.0681 e. The molecule has 0 fully saturated rings. The first-order chi connectivity index (χ1) is 11.4. The molecule has 0 bridgehead atoms. The first kappa shape index (κ1) is 18.7. The second-order valence-corrected chi connectivity index (χ2v) is 7.17. The highest BCUT2D eigenvalue weighted by Gasteiger charge is 2.21. The smallest absolute Gasteiger partial charge is 0.0681 e. The van der Waals surface area contributed by atoms with Crippen LogP contribution in [0.2, 0.25) is 0 Å². The van der Waals surface area contributed by atoms with E-state index in [-0.39, 0.29) is 18.2 Å². The Bertz CT molecular complexity index is 625. The van der Waals surface area contributed by atoms with Gasteiger partial charge in [0.25, 0.3) is 0 Å². The summed E-state index contributed by atoms with van der Waals surface area (Å²) in [6, 6.07) is 19.2. The minimum absolute atomic E-state index is 0.0297. The van der Waals surface area contributed by atoms with Crippen LogP contribution in [0.1, 0.15) is 56.5 Å². The Labute approximate surface area is 146 Å². The summed E-state index contributed by atoms with van der Waals surface area (Å²) in [6.07, 6.45) is 0. The Kier molecular flexibility index (Phi) is 6.55. The maximum atomic E-state index is 9.28. The highest BCUT2D eigenvalue weighted by atomic mass is 16.3. The highest BCUT2D eigenvalue weighted by molar-refractivity contribution is 5.25. The fourth-order valence-corrected chi connectivity index (χ4v) is 2.95. The van der Waals surface area contributed by atoms with E-state index in [2.05, 4.69) is 74.7 Å². The van der Waals surface area contributed by atoms with Crippen molar-refractivity contribution in [1.82, 2.24) is 10.6 Å². The van der Waals surface area contributed by atoms with Crippen LogP contribution < -0.4 is 10.6 Å². The minimum Gasteiger partial charge on any atom is -0.392 e. The number of rotatable bonds is 8. The number of aliphatic hydroxyl groups excluding tert-OH is 1. The standard InChI is InChI=1S/C21H30N2O/c1-16(20-12-8-9-18(13-20)14-24)22-15-21(3,4)23-17(2)19-10-6-5-7-11-19/h5-13,16-17,22-24H,14-15H2,1-4H3. The summed E-state index contributed by atoms with van der Waals surface area (Å²) in [5.74, 6) is 0. The van der Waals surface area contributed by atoms with E-state index in [0.717, 1.165) is 12.1 Å². The molecule has 0 heterocycles. The summed E-state index contributed by atoms with van der Waals surface area (Å²) in [5.41, 5.74) is 3.43. The molecule has 2 aromatic carbocycles. The van der Waals surface area contributed by atoms with Gasteiger partial charge in [0.2, 0.25) is 0 Å². The van der Waals surface area contributed by atoms with Crippen LogP contribution in [0.4, 0.5) is 0 Å².